The second kappa shape index (κ2) is 4.87. The Labute approximate surface area is 104 Å². The second-order valence-electron chi connectivity index (χ2n) is 3.63. The van der Waals surface area contributed by atoms with E-state index in [1.807, 2.05) is 0 Å². The van der Waals surface area contributed by atoms with Crippen molar-refractivity contribution in [3.8, 4) is 5.75 Å². The van der Waals surface area contributed by atoms with Gasteiger partial charge in [-0.2, -0.15) is 0 Å². The Hall–Kier alpha value is -2.37. The van der Waals surface area contributed by atoms with Crippen molar-refractivity contribution in [3.63, 3.8) is 0 Å². The zero-order valence-corrected chi connectivity index (χ0v) is 10.1. The summed E-state index contributed by atoms with van der Waals surface area (Å²) in [4.78, 5) is 9.46. The number of nitrogen functional groups attached to an aromatic ring is 1. The summed E-state index contributed by atoms with van der Waals surface area (Å²) in [5.74, 6) is 0.600. The van der Waals surface area contributed by atoms with Gasteiger partial charge in [-0.25, -0.2) is 14.4 Å². The fraction of sp³-hybridized carbons (Fsp3) is 0.167. The summed E-state index contributed by atoms with van der Waals surface area (Å²) in [7, 11) is 3.15. The molecular formula is C12H13FN4O. The molecule has 0 unspecified atom stereocenters. The first kappa shape index (κ1) is 12.1. The molecule has 0 saturated carbocycles. The Kier molecular flexibility index (Phi) is 3.27. The van der Waals surface area contributed by atoms with E-state index < -0.39 is 0 Å². The van der Waals surface area contributed by atoms with E-state index in [4.69, 9.17) is 10.5 Å². The van der Waals surface area contributed by atoms with Gasteiger partial charge in [0.05, 0.1) is 12.8 Å². The summed E-state index contributed by atoms with van der Waals surface area (Å²) in [6.07, 6.45) is 1.31. The molecule has 0 aliphatic heterocycles. The van der Waals surface area contributed by atoms with Crippen LogP contribution in [0.1, 0.15) is 0 Å². The first-order valence-electron chi connectivity index (χ1n) is 5.28. The summed E-state index contributed by atoms with van der Waals surface area (Å²) in [6, 6.07) is 6.39. The Balaban J connectivity index is 2.50. The molecule has 0 radical (unpaired) electrons. The summed E-state index contributed by atoms with van der Waals surface area (Å²) in [6.45, 7) is 0. The normalized spacial score (nSPS) is 10.2. The Bertz CT molecular complexity index is 562. The van der Waals surface area contributed by atoms with Crippen LogP contribution in [0.2, 0.25) is 0 Å². The van der Waals surface area contributed by atoms with Crippen molar-refractivity contribution in [2.45, 2.75) is 0 Å². The zero-order chi connectivity index (χ0) is 13.1. The molecule has 2 N–H and O–H groups in total. The highest BCUT2D eigenvalue weighted by Gasteiger charge is 2.17. The lowest BCUT2D eigenvalue weighted by atomic mass is 10.3. The first-order valence-corrected chi connectivity index (χ1v) is 5.28. The average Bonchev–Trinajstić information content (AvgIpc) is 2.38. The quantitative estimate of drug-likeness (QED) is 0.899. The van der Waals surface area contributed by atoms with Crippen LogP contribution in [-0.4, -0.2) is 24.1 Å². The van der Waals surface area contributed by atoms with Gasteiger partial charge in [0, 0.05) is 7.05 Å². The van der Waals surface area contributed by atoms with E-state index in [0.29, 0.717) is 17.3 Å². The van der Waals surface area contributed by atoms with Gasteiger partial charge in [-0.05, 0) is 12.1 Å². The number of nitrogens with two attached hydrogens (primary N) is 1. The molecule has 6 heteroatoms. The molecule has 94 valence electrons. The van der Waals surface area contributed by atoms with Gasteiger partial charge in [0.1, 0.15) is 12.1 Å². The Morgan fingerprint density at radius 3 is 2.67 bits per heavy atom. The lowest BCUT2D eigenvalue weighted by Gasteiger charge is -2.21. The molecule has 1 aromatic heterocycles. The number of anilines is 3. The number of halogens is 1. The number of para-hydroxylation sites is 1. The molecule has 0 fully saturated rings. The maximum Gasteiger partial charge on any atom is 0.204 e. The number of hydrogen-bond acceptors (Lipinski definition) is 5. The number of methoxy groups -OCH3 is 1. The third-order valence-corrected chi connectivity index (χ3v) is 2.55. The second-order valence-corrected chi connectivity index (χ2v) is 3.63. The van der Waals surface area contributed by atoms with E-state index in [2.05, 4.69) is 9.97 Å². The minimum absolute atomic E-state index is 0.214. The largest absolute Gasteiger partial charge is 0.490 e. The molecular weight excluding hydrogens is 235 g/mol. The molecule has 0 bridgehead atoms. The molecule has 0 saturated heterocycles. The van der Waals surface area contributed by atoms with Gasteiger partial charge in [0.2, 0.25) is 5.75 Å². The average molecular weight is 248 g/mol. The van der Waals surface area contributed by atoms with E-state index in [-0.39, 0.29) is 11.6 Å². The molecule has 18 heavy (non-hydrogen) atoms. The fourth-order valence-electron chi connectivity index (χ4n) is 1.65. The van der Waals surface area contributed by atoms with Gasteiger partial charge < -0.3 is 15.4 Å². The number of rotatable bonds is 3. The van der Waals surface area contributed by atoms with E-state index in [1.54, 1.807) is 30.1 Å². The first-order chi connectivity index (χ1) is 8.65. The maximum absolute atomic E-state index is 13.7. The summed E-state index contributed by atoms with van der Waals surface area (Å²) >= 11 is 0. The molecule has 0 spiro atoms. The standard InChI is InChI=1S/C12H13FN4O/c1-17(9-6-4-3-5-8(9)13)12-10(18-2)11(14)15-7-16-12/h3-7H,1-2H3,(H2,14,15,16). The van der Waals surface area contributed by atoms with Crippen LogP contribution in [0, 0.1) is 5.82 Å². The third-order valence-electron chi connectivity index (χ3n) is 2.55. The molecule has 0 atom stereocenters. The van der Waals surface area contributed by atoms with Gasteiger partial charge in [0.25, 0.3) is 0 Å². The van der Waals surface area contributed by atoms with Crippen molar-refractivity contribution >= 4 is 17.3 Å². The molecule has 0 aliphatic carbocycles. The highest BCUT2D eigenvalue weighted by molar-refractivity contribution is 5.70. The lowest BCUT2D eigenvalue weighted by molar-refractivity contribution is 0.414. The molecule has 1 aromatic carbocycles. The monoisotopic (exact) mass is 248 g/mol. The number of ether oxygens (including phenoxy) is 1. The van der Waals surface area contributed by atoms with Crippen LogP contribution in [0.25, 0.3) is 0 Å². The third kappa shape index (κ3) is 2.04. The molecule has 2 rings (SSSR count). The summed E-state index contributed by atoms with van der Waals surface area (Å²) in [5.41, 5.74) is 6.07. The van der Waals surface area contributed by atoms with Gasteiger partial charge in [-0.1, -0.05) is 12.1 Å². The molecule has 2 aromatic rings. The SMILES string of the molecule is COc1c(N)ncnc1N(C)c1ccccc1F. The van der Waals surface area contributed by atoms with E-state index in [0.717, 1.165) is 0 Å². The van der Waals surface area contributed by atoms with Crippen LogP contribution >= 0.6 is 0 Å². The van der Waals surface area contributed by atoms with Crippen molar-refractivity contribution in [2.24, 2.45) is 0 Å². The minimum Gasteiger partial charge on any atom is -0.490 e. The number of nitrogens with zero attached hydrogens (tertiary/aromatic N) is 3. The molecule has 0 aliphatic rings. The summed E-state index contributed by atoms with van der Waals surface area (Å²) < 4.78 is 18.8. The predicted molar refractivity (Wildman–Crippen MR) is 67.5 cm³/mol. The number of hydrogen-bond donors (Lipinski definition) is 1. The van der Waals surface area contributed by atoms with Crippen LogP contribution in [0.5, 0.6) is 5.75 Å². The lowest BCUT2D eigenvalue weighted by Crippen LogP contribution is -2.15. The van der Waals surface area contributed by atoms with Crippen LogP contribution in [0.15, 0.2) is 30.6 Å². The van der Waals surface area contributed by atoms with E-state index in [1.165, 1.54) is 19.5 Å². The van der Waals surface area contributed by atoms with Crippen LogP contribution in [0.3, 0.4) is 0 Å². The van der Waals surface area contributed by atoms with Crippen molar-refractivity contribution in [3.05, 3.63) is 36.4 Å². The van der Waals surface area contributed by atoms with Crippen molar-refractivity contribution in [1.29, 1.82) is 0 Å². The van der Waals surface area contributed by atoms with Crippen molar-refractivity contribution in [2.75, 3.05) is 24.8 Å². The molecule has 1 heterocycles. The Morgan fingerprint density at radius 1 is 1.28 bits per heavy atom. The van der Waals surface area contributed by atoms with Crippen molar-refractivity contribution < 1.29 is 9.13 Å². The number of aromatic nitrogens is 2. The molecule has 5 nitrogen and oxygen atoms in total. The summed E-state index contributed by atoms with van der Waals surface area (Å²) in [5, 5.41) is 0. The van der Waals surface area contributed by atoms with Crippen molar-refractivity contribution in [1.82, 2.24) is 9.97 Å². The van der Waals surface area contributed by atoms with Gasteiger partial charge in [-0.3, -0.25) is 0 Å². The van der Waals surface area contributed by atoms with E-state index in [9.17, 15) is 4.39 Å². The minimum atomic E-state index is -0.348. The maximum atomic E-state index is 13.7. The highest BCUT2D eigenvalue weighted by Crippen LogP contribution is 2.34. The smallest absolute Gasteiger partial charge is 0.204 e. The van der Waals surface area contributed by atoms with E-state index >= 15 is 0 Å². The predicted octanol–water partition coefficient (Wildman–Crippen LogP) is 1.97. The molecule has 0 amide bonds. The van der Waals surface area contributed by atoms with Crippen LogP contribution < -0.4 is 15.4 Å². The fourth-order valence-corrected chi connectivity index (χ4v) is 1.65. The van der Waals surface area contributed by atoms with Gasteiger partial charge in [0.15, 0.2) is 11.6 Å². The topological polar surface area (TPSA) is 64.3 Å². The Morgan fingerprint density at radius 2 is 2.00 bits per heavy atom. The van der Waals surface area contributed by atoms with Crippen LogP contribution in [-0.2, 0) is 0 Å². The number of benzene rings is 1. The highest BCUT2D eigenvalue weighted by atomic mass is 19.1. The zero-order valence-electron chi connectivity index (χ0n) is 10.1. The van der Waals surface area contributed by atoms with Gasteiger partial charge >= 0.3 is 0 Å². The van der Waals surface area contributed by atoms with Gasteiger partial charge in [-0.15, -0.1) is 0 Å². The van der Waals surface area contributed by atoms with Crippen LogP contribution in [0.4, 0.5) is 21.7 Å².